The Kier molecular flexibility index (Phi) is 4.48. The van der Waals surface area contributed by atoms with Gasteiger partial charge in [-0.15, -0.1) is 11.3 Å². The number of nitrogens with two attached hydrogens (primary N) is 1. The Balaban J connectivity index is 1.88. The molecule has 27 heavy (non-hydrogen) atoms. The van der Waals surface area contributed by atoms with E-state index in [-0.39, 0.29) is 5.56 Å². The second-order valence-corrected chi connectivity index (χ2v) is 7.12. The minimum atomic E-state index is -0.520. The van der Waals surface area contributed by atoms with Crippen LogP contribution in [0.2, 0.25) is 0 Å². The van der Waals surface area contributed by atoms with E-state index in [1.54, 1.807) is 10.6 Å². The van der Waals surface area contributed by atoms with Crippen molar-refractivity contribution in [3.8, 4) is 0 Å². The standard InChI is InChI=1S/C21H17N3O2S/c22-20(26)19-18(23-15-9-5-2-6-10-15)16-11-12-17(25)24(21(16)27-19)13-14-7-3-1-4-8-14/h1-12,23H,13H2,(H2,22,26). The molecule has 3 N–H and O–H groups in total. The molecule has 6 heteroatoms. The number of thiophene rings is 1. The first-order valence-electron chi connectivity index (χ1n) is 8.45. The van der Waals surface area contributed by atoms with Crippen LogP contribution >= 0.6 is 11.3 Å². The predicted molar refractivity (Wildman–Crippen MR) is 110 cm³/mol. The molecule has 0 bridgehead atoms. The van der Waals surface area contributed by atoms with Crippen LogP contribution in [0, 0.1) is 0 Å². The molecule has 2 heterocycles. The molecule has 0 aliphatic carbocycles. The summed E-state index contributed by atoms with van der Waals surface area (Å²) in [6, 6.07) is 22.6. The summed E-state index contributed by atoms with van der Waals surface area (Å²) >= 11 is 1.24. The van der Waals surface area contributed by atoms with Crippen LogP contribution in [0.25, 0.3) is 10.2 Å². The molecular weight excluding hydrogens is 358 g/mol. The molecule has 0 saturated heterocycles. The van der Waals surface area contributed by atoms with Crippen LogP contribution in [0.3, 0.4) is 0 Å². The van der Waals surface area contributed by atoms with Crippen molar-refractivity contribution in [2.45, 2.75) is 6.54 Å². The molecule has 0 fully saturated rings. The first-order valence-corrected chi connectivity index (χ1v) is 9.27. The number of rotatable bonds is 5. The number of hydrogen-bond donors (Lipinski definition) is 2. The van der Waals surface area contributed by atoms with E-state index in [9.17, 15) is 9.59 Å². The van der Waals surface area contributed by atoms with Gasteiger partial charge in [-0.2, -0.15) is 0 Å². The maximum absolute atomic E-state index is 12.5. The van der Waals surface area contributed by atoms with Crippen LogP contribution in [-0.4, -0.2) is 10.5 Å². The van der Waals surface area contributed by atoms with E-state index in [0.717, 1.165) is 21.5 Å². The monoisotopic (exact) mass is 375 g/mol. The average Bonchev–Trinajstić information content (AvgIpc) is 3.05. The number of fused-ring (bicyclic) bond motifs is 1. The van der Waals surface area contributed by atoms with E-state index >= 15 is 0 Å². The fraction of sp³-hybridized carbons (Fsp3) is 0.0476. The summed E-state index contributed by atoms with van der Waals surface area (Å²) in [5.74, 6) is -0.520. The summed E-state index contributed by atoms with van der Waals surface area (Å²) in [7, 11) is 0. The maximum atomic E-state index is 12.5. The predicted octanol–water partition coefficient (Wildman–Crippen LogP) is 3.95. The quantitative estimate of drug-likeness (QED) is 0.554. The highest BCUT2D eigenvalue weighted by molar-refractivity contribution is 7.21. The highest BCUT2D eigenvalue weighted by atomic mass is 32.1. The van der Waals surface area contributed by atoms with Crippen molar-refractivity contribution in [3.63, 3.8) is 0 Å². The number of benzene rings is 2. The van der Waals surface area contributed by atoms with Gasteiger partial charge < -0.3 is 11.1 Å². The van der Waals surface area contributed by atoms with Gasteiger partial charge >= 0.3 is 0 Å². The lowest BCUT2D eigenvalue weighted by atomic mass is 10.2. The largest absolute Gasteiger partial charge is 0.365 e. The molecule has 0 spiro atoms. The Morgan fingerprint density at radius 2 is 1.63 bits per heavy atom. The van der Waals surface area contributed by atoms with E-state index in [2.05, 4.69) is 5.32 Å². The third-order valence-corrected chi connectivity index (χ3v) is 5.52. The molecular formula is C21H17N3O2S. The molecule has 4 aromatic rings. The molecule has 0 saturated carbocycles. The zero-order valence-corrected chi connectivity index (χ0v) is 15.2. The summed E-state index contributed by atoms with van der Waals surface area (Å²) in [4.78, 5) is 25.7. The Labute approximate surface area is 159 Å². The highest BCUT2D eigenvalue weighted by Gasteiger charge is 2.19. The van der Waals surface area contributed by atoms with Crippen LogP contribution in [0.15, 0.2) is 77.6 Å². The zero-order valence-electron chi connectivity index (χ0n) is 14.4. The van der Waals surface area contributed by atoms with Crippen molar-refractivity contribution in [2.24, 2.45) is 5.73 Å². The maximum Gasteiger partial charge on any atom is 0.261 e. The van der Waals surface area contributed by atoms with Crippen LogP contribution < -0.4 is 16.6 Å². The van der Waals surface area contributed by atoms with Gasteiger partial charge in [-0.25, -0.2) is 0 Å². The average molecular weight is 375 g/mol. The third kappa shape index (κ3) is 3.35. The zero-order chi connectivity index (χ0) is 18.8. The molecule has 0 aliphatic rings. The first kappa shape index (κ1) is 17.1. The van der Waals surface area contributed by atoms with Gasteiger partial charge in [0, 0.05) is 17.1 Å². The SMILES string of the molecule is NC(=O)c1sc2c(ccc(=O)n2Cc2ccccc2)c1Nc1ccccc1. The van der Waals surface area contributed by atoms with Crippen LogP contribution in [0.4, 0.5) is 11.4 Å². The molecule has 5 nitrogen and oxygen atoms in total. The molecule has 0 aliphatic heterocycles. The van der Waals surface area contributed by atoms with Crippen molar-refractivity contribution in [1.82, 2.24) is 4.57 Å². The van der Waals surface area contributed by atoms with Gasteiger partial charge in [0.25, 0.3) is 11.5 Å². The Hall–Kier alpha value is -3.38. The number of amides is 1. The molecule has 1 amide bonds. The third-order valence-electron chi connectivity index (χ3n) is 4.28. The topological polar surface area (TPSA) is 77.1 Å². The number of pyridine rings is 1. The summed E-state index contributed by atoms with van der Waals surface area (Å²) < 4.78 is 1.68. The van der Waals surface area contributed by atoms with E-state index in [4.69, 9.17) is 5.73 Å². The summed E-state index contributed by atoms with van der Waals surface area (Å²) in [5, 5.41) is 4.08. The van der Waals surface area contributed by atoms with Crippen molar-refractivity contribution < 1.29 is 4.79 Å². The number of carbonyl (C=O) groups excluding carboxylic acids is 1. The Morgan fingerprint density at radius 1 is 0.963 bits per heavy atom. The first-order chi connectivity index (χ1) is 13.1. The Morgan fingerprint density at radius 3 is 2.30 bits per heavy atom. The van der Waals surface area contributed by atoms with Gasteiger partial charge in [0.1, 0.15) is 9.71 Å². The van der Waals surface area contributed by atoms with Crippen LogP contribution in [-0.2, 0) is 6.54 Å². The van der Waals surface area contributed by atoms with Crippen LogP contribution in [0.1, 0.15) is 15.2 Å². The lowest BCUT2D eigenvalue weighted by molar-refractivity contribution is 0.100. The number of carbonyl (C=O) groups is 1. The van der Waals surface area contributed by atoms with Crippen molar-refractivity contribution in [1.29, 1.82) is 0 Å². The number of nitrogens with one attached hydrogen (secondary N) is 1. The second-order valence-electron chi connectivity index (χ2n) is 6.12. The fourth-order valence-corrected chi connectivity index (χ4v) is 4.11. The summed E-state index contributed by atoms with van der Waals surface area (Å²) in [6.45, 7) is 0.431. The normalized spacial score (nSPS) is 10.8. The molecule has 134 valence electrons. The number of primary amides is 1. The molecule has 0 radical (unpaired) electrons. The van der Waals surface area contributed by atoms with E-state index in [0.29, 0.717) is 17.1 Å². The molecule has 0 unspecified atom stereocenters. The van der Waals surface area contributed by atoms with Crippen molar-refractivity contribution in [2.75, 3.05) is 5.32 Å². The highest BCUT2D eigenvalue weighted by Crippen LogP contribution is 2.36. The lowest BCUT2D eigenvalue weighted by Gasteiger charge is -2.09. The molecule has 4 rings (SSSR count). The minimum absolute atomic E-state index is 0.116. The van der Waals surface area contributed by atoms with Gasteiger partial charge in [-0.3, -0.25) is 14.2 Å². The van der Waals surface area contributed by atoms with Crippen molar-refractivity contribution >= 4 is 38.8 Å². The molecule has 2 aromatic heterocycles. The number of aromatic nitrogens is 1. The molecule has 2 aromatic carbocycles. The van der Waals surface area contributed by atoms with Crippen LogP contribution in [0.5, 0.6) is 0 Å². The Bertz CT molecular complexity index is 1160. The molecule has 0 atom stereocenters. The lowest BCUT2D eigenvalue weighted by Crippen LogP contribution is -2.19. The number of hydrogen-bond acceptors (Lipinski definition) is 4. The smallest absolute Gasteiger partial charge is 0.261 e. The summed E-state index contributed by atoms with van der Waals surface area (Å²) in [6.07, 6.45) is 0. The number of nitrogens with zero attached hydrogens (tertiary/aromatic N) is 1. The summed E-state index contributed by atoms with van der Waals surface area (Å²) in [5.41, 5.74) is 8.00. The van der Waals surface area contributed by atoms with Gasteiger partial charge in [0.2, 0.25) is 0 Å². The van der Waals surface area contributed by atoms with E-state index in [1.165, 1.54) is 17.4 Å². The number of para-hydroxylation sites is 1. The van der Waals surface area contributed by atoms with Gasteiger partial charge in [0.15, 0.2) is 0 Å². The van der Waals surface area contributed by atoms with Gasteiger partial charge in [-0.05, 0) is 23.8 Å². The number of anilines is 2. The van der Waals surface area contributed by atoms with E-state index < -0.39 is 5.91 Å². The second kappa shape index (κ2) is 7.09. The minimum Gasteiger partial charge on any atom is -0.365 e. The van der Waals surface area contributed by atoms with Crippen molar-refractivity contribution in [3.05, 3.63) is 93.6 Å². The fourth-order valence-electron chi connectivity index (χ4n) is 3.01. The van der Waals surface area contributed by atoms with E-state index in [1.807, 2.05) is 60.7 Å². The van der Waals surface area contributed by atoms with Gasteiger partial charge in [0.05, 0.1) is 12.2 Å². The van der Waals surface area contributed by atoms with Gasteiger partial charge in [-0.1, -0.05) is 48.5 Å².